The van der Waals surface area contributed by atoms with Gasteiger partial charge < -0.3 is 20.1 Å². The molecule has 7 nitrogen and oxygen atoms in total. The van der Waals surface area contributed by atoms with Crippen LogP contribution in [0.15, 0.2) is 65.9 Å². The van der Waals surface area contributed by atoms with Crippen molar-refractivity contribution in [2.75, 3.05) is 26.2 Å². The summed E-state index contributed by atoms with van der Waals surface area (Å²) in [5.74, 6) is 0.753. The lowest BCUT2D eigenvalue weighted by Crippen LogP contribution is -2.49. The van der Waals surface area contributed by atoms with Crippen molar-refractivity contribution in [1.29, 1.82) is 0 Å². The summed E-state index contributed by atoms with van der Waals surface area (Å²) < 4.78 is 11.2. The van der Waals surface area contributed by atoms with E-state index in [1.54, 1.807) is 6.92 Å². The van der Waals surface area contributed by atoms with Gasteiger partial charge in [-0.3, -0.25) is 4.90 Å². The molecular formula is C28H35N3O4. The zero-order chi connectivity index (χ0) is 24.8. The molecule has 0 spiro atoms. The van der Waals surface area contributed by atoms with Gasteiger partial charge in [0.1, 0.15) is 5.75 Å². The number of rotatable bonds is 8. The number of benzene rings is 2. The zero-order valence-corrected chi connectivity index (χ0v) is 20.8. The Morgan fingerprint density at radius 3 is 2.51 bits per heavy atom. The van der Waals surface area contributed by atoms with Gasteiger partial charge in [0.15, 0.2) is 0 Å². The van der Waals surface area contributed by atoms with Gasteiger partial charge in [0, 0.05) is 18.8 Å². The molecule has 0 bridgehead atoms. The molecule has 2 aromatic rings. The number of esters is 1. The lowest BCUT2D eigenvalue weighted by atomic mass is 9.90. The van der Waals surface area contributed by atoms with E-state index < -0.39 is 12.0 Å². The minimum atomic E-state index is -0.597. The molecule has 2 N–H and O–H groups in total. The number of likely N-dealkylation sites (tertiary alicyclic amines) is 1. The third-order valence-corrected chi connectivity index (χ3v) is 6.39. The summed E-state index contributed by atoms with van der Waals surface area (Å²) >= 11 is 0. The molecule has 2 aliphatic rings. The van der Waals surface area contributed by atoms with Gasteiger partial charge in [-0.15, -0.1) is 0 Å². The number of hydrogen-bond donors (Lipinski definition) is 2. The first kappa shape index (κ1) is 24.8. The highest BCUT2D eigenvalue weighted by molar-refractivity contribution is 5.95. The number of urea groups is 1. The van der Waals surface area contributed by atoms with E-state index in [1.165, 1.54) is 5.56 Å². The van der Waals surface area contributed by atoms with E-state index in [-0.39, 0.29) is 18.7 Å². The summed E-state index contributed by atoms with van der Waals surface area (Å²) in [5.41, 5.74) is 3.18. The van der Waals surface area contributed by atoms with Crippen LogP contribution in [0.1, 0.15) is 56.7 Å². The summed E-state index contributed by atoms with van der Waals surface area (Å²) in [5, 5.41) is 5.82. The molecule has 0 saturated carbocycles. The number of piperidine rings is 1. The quantitative estimate of drug-likeness (QED) is 0.547. The van der Waals surface area contributed by atoms with E-state index in [1.807, 2.05) is 44.2 Å². The van der Waals surface area contributed by atoms with E-state index in [2.05, 4.69) is 39.8 Å². The van der Waals surface area contributed by atoms with Crippen LogP contribution >= 0.6 is 0 Å². The van der Waals surface area contributed by atoms with Gasteiger partial charge in [0.05, 0.1) is 24.3 Å². The maximum absolute atomic E-state index is 13.1. The first-order valence-electron chi connectivity index (χ1n) is 12.5. The molecule has 1 saturated heterocycles. The van der Waals surface area contributed by atoms with Gasteiger partial charge in [-0.2, -0.15) is 0 Å². The highest BCUT2D eigenvalue weighted by Gasteiger charge is 2.35. The molecule has 0 unspecified atom stereocenters. The van der Waals surface area contributed by atoms with Gasteiger partial charge in [-0.25, -0.2) is 9.59 Å². The lowest BCUT2D eigenvalue weighted by molar-refractivity contribution is -0.139. The largest absolute Gasteiger partial charge is 0.491 e. The summed E-state index contributed by atoms with van der Waals surface area (Å²) in [6.45, 7) is 8.26. The molecule has 0 radical (unpaired) electrons. The molecule has 0 aromatic heterocycles. The molecule has 1 fully saturated rings. The number of nitrogens with one attached hydrogen (secondary N) is 2. The van der Waals surface area contributed by atoms with Crippen LogP contribution in [0.3, 0.4) is 0 Å². The van der Waals surface area contributed by atoms with Crippen molar-refractivity contribution in [3.63, 3.8) is 0 Å². The van der Waals surface area contributed by atoms with E-state index in [9.17, 15) is 9.59 Å². The SMILES string of the molecule is CCOC(=O)C1=C(CN2CCC[C@@H](c3ccccc3)C2)NC(=O)N[C@H]1c1ccc(OC(C)C)cc1. The van der Waals surface area contributed by atoms with Crippen LogP contribution < -0.4 is 15.4 Å². The monoisotopic (exact) mass is 477 g/mol. The highest BCUT2D eigenvalue weighted by Crippen LogP contribution is 2.31. The fraction of sp³-hybridized carbons (Fsp3) is 0.429. The van der Waals surface area contributed by atoms with E-state index in [0.29, 0.717) is 23.7 Å². The average Bonchev–Trinajstić information content (AvgIpc) is 2.84. The Morgan fingerprint density at radius 2 is 1.83 bits per heavy atom. The Bertz CT molecular complexity index is 1050. The molecule has 2 atom stereocenters. The smallest absolute Gasteiger partial charge is 0.338 e. The van der Waals surface area contributed by atoms with Crippen molar-refractivity contribution < 1.29 is 19.1 Å². The van der Waals surface area contributed by atoms with Gasteiger partial charge in [0.2, 0.25) is 0 Å². The fourth-order valence-electron chi connectivity index (χ4n) is 4.87. The Morgan fingerprint density at radius 1 is 1.09 bits per heavy atom. The number of nitrogens with zero attached hydrogens (tertiary/aromatic N) is 1. The number of hydrogen-bond acceptors (Lipinski definition) is 5. The third-order valence-electron chi connectivity index (χ3n) is 6.39. The second kappa shape index (κ2) is 11.4. The lowest BCUT2D eigenvalue weighted by Gasteiger charge is -2.36. The van der Waals surface area contributed by atoms with Crippen LogP contribution in [-0.2, 0) is 9.53 Å². The van der Waals surface area contributed by atoms with Crippen LogP contribution in [0.2, 0.25) is 0 Å². The van der Waals surface area contributed by atoms with Crippen molar-refractivity contribution in [1.82, 2.24) is 15.5 Å². The average molecular weight is 478 g/mol. The summed E-state index contributed by atoms with van der Waals surface area (Å²) in [6, 6.07) is 17.1. The molecule has 0 aliphatic carbocycles. The van der Waals surface area contributed by atoms with Crippen LogP contribution in [0.25, 0.3) is 0 Å². The van der Waals surface area contributed by atoms with Crippen molar-refractivity contribution >= 4 is 12.0 Å². The minimum absolute atomic E-state index is 0.0604. The van der Waals surface area contributed by atoms with Crippen molar-refractivity contribution in [3.05, 3.63) is 77.0 Å². The Kier molecular flexibility index (Phi) is 8.08. The number of amides is 2. The van der Waals surface area contributed by atoms with Crippen molar-refractivity contribution in [3.8, 4) is 5.75 Å². The molecular weight excluding hydrogens is 442 g/mol. The second-order valence-electron chi connectivity index (χ2n) is 9.36. The standard InChI is InChI=1S/C28H35N3O4/c1-4-34-27(32)25-24(18-31-16-8-11-22(17-31)20-9-6-5-7-10-20)29-28(33)30-26(25)21-12-14-23(15-13-21)35-19(2)3/h5-7,9-10,12-15,19,22,26H,4,8,11,16-18H2,1-3H3,(H2,29,30,33)/t22-,26+/m1/s1. The van der Waals surface area contributed by atoms with E-state index in [4.69, 9.17) is 9.47 Å². The Labute approximate surface area is 207 Å². The molecule has 4 rings (SSSR count). The topological polar surface area (TPSA) is 79.9 Å². The fourth-order valence-corrected chi connectivity index (χ4v) is 4.87. The number of carbonyl (C=O) groups excluding carboxylic acids is 2. The summed E-state index contributed by atoms with van der Waals surface area (Å²) in [4.78, 5) is 28.1. The normalized spacial score (nSPS) is 20.9. The molecule has 2 amide bonds. The van der Waals surface area contributed by atoms with Gasteiger partial charge in [-0.05, 0) is 69.3 Å². The molecule has 35 heavy (non-hydrogen) atoms. The summed E-state index contributed by atoms with van der Waals surface area (Å²) in [7, 11) is 0. The molecule has 7 heteroatoms. The Balaban J connectivity index is 1.61. The first-order chi connectivity index (χ1) is 16.9. The third kappa shape index (κ3) is 6.22. The maximum atomic E-state index is 13.1. The molecule has 2 aliphatic heterocycles. The van der Waals surface area contributed by atoms with Gasteiger partial charge in [-0.1, -0.05) is 42.5 Å². The predicted molar refractivity (Wildman–Crippen MR) is 135 cm³/mol. The first-order valence-corrected chi connectivity index (χ1v) is 12.5. The number of ether oxygens (including phenoxy) is 2. The maximum Gasteiger partial charge on any atom is 0.338 e. The predicted octanol–water partition coefficient (Wildman–Crippen LogP) is 4.52. The second-order valence-corrected chi connectivity index (χ2v) is 9.36. The van der Waals surface area contributed by atoms with Crippen LogP contribution in [0, 0.1) is 0 Å². The number of carbonyl (C=O) groups is 2. The van der Waals surface area contributed by atoms with Crippen LogP contribution in [-0.4, -0.2) is 49.2 Å². The van der Waals surface area contributed by atoms with Crippen LogP contribution in [0.4, 0.5) is 4.79 Å². The van der Waals surface area contributed by atoms with Crippen molar-refractivity contribution in [2.45, 2.75) is 51.7 Å². The molecule has 186 valence electrons. The molecule has 2 aromatic carbocycles. The summed E-state index contributed by atoms with van der Waals surface area (Å²) in [6.07, 6.45) is 2.26. The minimum Gasteiger partial charge on any atom is -0.491 e. The van der Waals surface area contributed by atoms with Crippen molar-refractivity contribution in [2.24, 2.45) is 0 Å². The molecule has 2 heterocycles. The van der Waals surface area contributed by atoms with Crippen LogP contribution in [0.5, 0.6) is 5.75 Å². The Hall–Kier alpha value is -3.32. The highest BCUT2D eigenvalue weighted by atomic mass is 16.5. The van der Waals surface area contributed by atoms with Gasteiger partial charge in [0.25, 0.3) is 0 Å². The van der Waals surface area contributed by atoms with Gasteiger partial charge >= 0.3 is 12.0 Å². The van der Waals surface area contributed by atoms with E-state index >= 15 is 0 Å². The van der Waals surface area contributed by atoms with E-state index in [0.717, 1.165) is 37.2 Å². The zero-order valence-electron chi connectivity index (χ0n) is 20.8.